The van der Waals surface area contributed by atoms with Crippen LogP contribution < -0.4 is 5.32 Å². The highest BCUT2D eigenvalue weighted by Gasteiger charge is 2.07. The van der Waals surface area contributed by atoms with Crippen LogP contribution in [-0.4, -0.2) is 11.9 Å². The van der Waals surface area contributed by atoms with Crippen LogP contribution in [0.1, 0.15) is 11.1 Å². The van der Waals surface area contributed by atoms with Crippen molar-refractivity contribution in [1.82, 2.24) is 5.32 Å². The fraction of sp³-hybridized carbons (Fsp3) is 0.286. The summed E-state index contributed by atoms with van der Waals surface area (Å²) in [5.41, 5.74) is 2.66. The molecule has 1 heterocycles. The molecule has 17 heavy (non-hydrogen) atoms. The number of benzene rings is 1. The summed E-state index contributed by atoms with van der Waals surface area (Å²) in [6, 6.07) is 12.9. The lowest BCUT2D eigenvalue weighted by Gasteiger charge is -2.15. The van der Waals surface area contributed by atoms with Crippen molar-refractivity contribution in [3.63, 3.8) is 0 Å². The van der Waals surface area contributed by atoms with Gasteiger partial charge in [-0.05, 0) is 34.4 Å². The normalized spacial score (nSPS) is 12.5. The van der Waals surface area contributed by atoms with Gasteiger partial charge in [0.2, 0.25) is 0 Å². The Kier molecular flexibility index (Phi) is 5.05. The van der Waals surface area contributed by atoms with Crippen LogP contribution in [0.3, 0.4) is 0 Å². The first-order chi connectivity index (χ1) is 8.38. The van der Waals surface area contributed by atoms with E-state index in [1.165, 1.54) is 11.1 Å². The van der Waals surface area contributed by atoms with Crippen LogP contribution in [0.25, 0.3) is 0 Å². The number of hydrogen-bond donors (Lipinski definition) is 1. The molecule has 1 aromatic carbocycles. The van der Waals surface area contributed by atoms with E-state index in [9.17, 15) is 0 Å². The summed E-state index contributed by atoms with van der Waals surface area (Å²) in [5, 5.41) is 7.76. The van der Waals surface area contributed by atoms with Crippen molar-refractivity contribution < 1.29 is 0 Å². The van der Waals surface area contributed by atoms with E-state index in [0.29, 0.717) is 11.9 Å². The summed E-state index contributed by atoms with van der Waals surface area (Å²) in [5.74, 6) is 0.638. The fourth-order valence-electron chi connectivity index (χ4n) is 1.74. The second kappa shape index (κ2) is 6.80. The summed E-state index contributed by atoms with van der Waals surface area (Å²) >= 11 is 7.73. The molecular formula is C14H16ClNS. The second-order valence-electron chi connectivity index (χ2n) is 4.05. The Morgan fingerprint density at radius 3 is 2.59 bits per heavy atom. The molecule has 1 atom stereocenters. The van der Waals surface area contributed by atoms with Crippen molar-refractivity contribution in [2.45, 2.75) is 19.0 Å². The largest absolute Gasteiger partial charge is 0.308 e. The highest BCUT2D eigenvalue weighted by Crippen LogP contribution is 2.08. The van der Waals surface area contributed by atoms with Crippen LogP contribution in [0.4, 0.5) is 0 Å². The van der Waals surface area contributed by atoms with Gasteiger partial charge in [-0.15, -0.1) is 11.6 Å². The van der Waals surface area contributed by atoms with E-state index in [1.54, 1.807) is 11.3 Å². The molecule has 0 aliphatic rings. The van der Waals surface area contributed by atoms with E-state index >= 15 is 0 Å². The van der Waals surface area contributed by atoms with Crippen LogP contribution in [0, 0.1) is 0 Å². The molecule has 1 aromatic heterocycles. The van der Waals surface area contributed by atoms with Gasteiger partial charge < -0.3 is 5.32 Å². The minimum atomic E-state index is 0.332. The van der Waals surface area contributed by atoms with Gasteiger partial charge in [0, 0.05) is 18.5 Å². The maximum atomic E-state index is 6.00. The lowest BCUT2D eigenvalue weighted by Crippen LogP contribution is -2.32. The molecule has 1 unspecified atom stereocenters. The Hall–Kier alpha value is -0.830. The van der Waals surface area contributed by atoms with Crippen molar-refractivity contribution in [3.05, 3.63) is 58.3 Å². The minimum absolute atomic E-state index is 0.332. The Bertz CT molecular complexity index is 413. The molecule has 3 heteroatoms. The van der Waals surface area contributed by atoms with E-state index in [2.05, 4.69) is 46.4 Å². The van der Waals surface area contributed by atoms with Gasteiger partial charge >= 0.3 is 0 Å². The highest BCUT2D eigenvalue weighted by molar-refractivity contribution is 7.07. The molecule has 90 valence electrons. The summed E-state index contributed by atoms with van der Waals surface area (Å²) in [6.07, 6.45) is 0.981. The molecule has 0 aliphatic heterocycles. The van der Waals surface area contributed by atoms with Gasteiger partial charge in [0.05, 0.1) is 0 Å². The first-order valence-electron chi connectivity index (χ1n) is 5.73. The van der Waals surface area contributed by atoms with Gasteiger partial charge in [0.15, 0.2) is 0 Å². The van der Waals surface area contributed by atoms with Gasteiger partial charge in [-0.2, -0.15) is 11.3 Å². The van der Waals surface area contributed by atoms with Crippen molar-refractivity contribution in [3.8, 4) is 0 Å². The van der Waals surface area contributed by atoms with Crippen LogP contribution in [-0.2, 0) is 13.0 Å². The maximum Gasteiger partial charge on any atom is 0.0380 e. The van der Waals surface area contributed by atoms with Crippen LogP contribution in [0.5, 0.6) is 0 Å². The summed E-state index contributed by atoms with van der Waals surface area (Å²) in [4.78, 5) is 0. The third-order valence-corrected chi connectivity index (χ3v) is 3.79. The van der Waals surface area contributed by atoms with Crippen LogP contribution >= 0.6 is 22.9 Å². The van der Waals surface area contributed by atoms with E-state index in [4.69, 9.17) is 11.6 Å². The SMILES string of the molecule is ClCC(Cc1ccccc1)NCc1ccsc1. The zero-order chi connectivity index (χ0) is 11.9. The molecule has 0 saturated heterocycles. The second-order valence-corrected chi connectivity index (χ2v) is 5.14. The van der Waals surface area contributed by atoms with Crippen molar-refractivity contribution in [2.24, 2.45) is 0 Å². The Morgan fingerprint density at radius 2 is 1.94 bits per heavy atom. The third-order valence-electron chi connectivity index (χ3n) is 2.69. The molecule has 0 amide bonds. The Morgan fingerprint density at radius 1 is 1.12 bits per heavy atom. The Balaban J connectivity index is 1.85. The van der Waals surface area contributed by atoms with E-state index < -0.39 is 0 Å². The molecule has 2 aromatic rings. The van der Waals surface area contributed by atoms with Crippen molar-refractivity contribution in [1.29, 1.82) is 0 Å². The number of thiophene rings is 1. The molecule has 0 saturated carbocycles. The van der Waals surface area contributed by atoms with Gasteiger partial charge in [-0.3, -0.25) is 0 Å². The average Bonchev–Trinajstić information content (AvgIpc) is 2.89. The Labute approximate surface area is 111 Å². The summed E-state index contributed by atoms with van der Waals surface area (Å²) < 4.78 is 0. The van der Waals surface area contributed by atoms with Crippen molar-refractivity contribution in [2.75, 3.05) is 5.88 Å². The number of halogens is 1. The minimum Gasteiger partial charge on any atom is -0.308 e. The van der Waals surface area contributed by atoms with Gasteiger partial charge in [0.25, 0.3) is 0 Å². The monoisotopic (exact) mass is 265 g/mol. The molecule has 1 nitrogen and oxygen atoms in total. The number of hydrogen-bond acceptors (Lipinski definition) is 2. The number of rotatable bonds is 6. The molecule has 0 aliphatic carbocycles. The first-order valence-corrected chi connectivity index (χ1v) is 7.20. The van der Waals surface area contributed by atoms with E-state index in [-0.39, 0.29) is 0 Å². The molecule has 1 N–H and O–H groups in total. The maximum absolute atomic E-state index is 6.00. The smallest absolute Gasteiger partial charge is 0.0380 e. The fourth-order valence-corrected chi connectivity index (χ4v) is 2.62. The predicted octanol–water partition coefficient (Wildman–Crippen LogP) is 3.69. The number of alkyl halides is 1. The number of nitrogens with one attached hydrogen (secondary N) is 1. The predicted molar refractivity (Wildman–Crippen MR) is 75.8 cm³/mol. The standard InChI is InChI=1S/C14H16ClNS/c15-9-14(8-12-4-2-1-3-5-12)16-10-13-6-7-17-11-13/h1-7,11,14,16H,8-10H2. The average molecular weight is 266 g/mol. The first kappa shape index (κ1) is 12.6. The lowest BCUT2D eigenvalue weighted by molar-refractivity contribution is 0.551. The summed E-state index contributed by atoms with van der Waals surface area (Å²) in [6.45, 7) is 0.897. The van der Waals surface area contributed by atoms with Crippen LogP contribution in [0.2, 0.25) is 0 Å². The molecule has 0 bridgehead atoms. The highest BCUT2D eigenvalue weighted by atomic mass is 35.5. The molecule has 2 rings (SSSR count). The molecule has 0 fully saturated rings. The van der Waals surface area contributed by atoms with Crippen molar-refractivity contribution >= 4 is 22.9 Å². The molecular weight excluding hydrogens is 250 g/mol. The third kappa shape index (κ3) is 4.15. The quantitative estimate of drug-likeness (QED) is 0.786. The topological polar surface area (TPSA) is 12.0 Å². The zero-order valence-electron chi connectivity index (χ0n) is 9.60. The van der Waals surface area contributed by atoms with Gasteiger partial charge in [0.1, 0.15) is 0 Å². The molecule has 0 spiro atoms. The summed E-state index contributed by atoms with van der Waals surface area (Å²) in [7, 11) is 0. The van der Waals surface area contributed by atoms with Gasteiger partial charge in [-0.1, -0.05) is 30.3 Å². The van der Waals surface area contributed by atoms with E-state index in [1.807, 2.05) is 6.07 Å². The van der Waals surface area contributed by atoms with Gasteiger partial charge in [-0.25, -0.2) is 0 Å². The van der Waals surface area contributed by atoms with Crippen LogP contribution in [0.15, 0.2) is 47.2 Å². The zero-order valence-corrected chi connectivity index (χ0v) is 11.2. The molecule has 0 radical (unpaired) electrons. The van der Waals surface area contributed by atoms with E-state index in [0.717, 1.165) is 13.0 Å². The lowest BCUT2D eigenvalue weighted by atomic mass is 10.1.